The monoisotopic (exact) mass is 360 g/mol. The van der Waals surface area contributed by atoms with Crippen molar-refractivity contribution < 1.29 is 4.79 Å². The van der Waals surface area contributed by atoms with E-state index in [9.17, 15) is 4.79 Å². The van der Waals surface area contributed by atoms with Crippen LogP contribution in [0.5, 0.6) is 0 Å². The first kappa shape index (κ1) is 15.3. The summed E-state index contributed by atoms with van der Waals surface area (Å²) in [6, 6.07) is 7.82. The van der Waals surface area contributed by atoms with Crippen LogP contribution in [0.1, 0.15) is 33.1 Å². The second-order valence-corrected chi connectivity index (χ2v) is 5.62. The van der Waals surface area contributed by atoms with Gasteiger partial charge < -0.3 is 10.6 Å². The molecule has 100 valence electrons. The molecule has 0 bridgehead atoms. The Hall–Kier alpha value is -0.780. The van der Waals surface area contributed by atoms with Crippen molar-refractivity contribution in [3.8, 4) is 0 Å². The highest BCUT2D eigenvalue weighted by molar-refractivity contribution is 14.1. The largest absolute Gasteiger partial charge is 0.374 e. The second-order valence-electron chi connectivity index (χ2n) is 4.37. The minimum Gasteiger partial charge on any atom is -0.374 e. The zero-order valence-electron chi connectivity index (χ0n) is 11.0. The lowest BCUT2D eigenvalue weighted by molar-refractivity contribution is -0.121. The summed E-state index contributed by atoms with van der Waals surface area (Å²) in [5, 5.41) is 6.14. The molecule has 4 heteroatoms. The molecule has 0 saturated carbocycles. The Morgan fingerprint density at radius 3 is 2.56 bits per heavy atom. The number of nitrogens with one attached hydrogen (secondary N) is 2. The van der Waals surface area contributed by atoms with Crippen molar-refractivity contribution in [2.45, 2.75) is 39.2 Å². The molecule has 1 atom stereocenters. The molecule has 0 spiro atoms. The van der Waals surface area contributed by atoms with E-state index in [1.165, 1.54) is 16.4 Å². The predicted molar refractivity (Wildman–Crippen MR) is 84.8 cm³/mol. The third kappa shape index (κ3) is 5.71. The first-order chi connectivity index (χ1) is 8.63. The third-order valence-electron chi connectivity index (χ3n) is 2.70. The summed E-state index contributed by atoms with van der Waals surface area (Å²) in [5.41, 5.74) is 0.978. The van der Waals surface area contributed by atoms with Gasteiger partial charge in [0.1, 0.15) is 6.04 Å². The van der Waals surface area contributed by atoms with Crippen molar-refractivity contribution in [3.05, 3.63) is 27.8 Å². The quantitative estimate of drug-likeness (QED) is 0.578. The number of unbranched alkanes of at least 4 members (excludes halogenated alkanes) is 2. The molecular weight excluding hydrogens is 339 g/mol. The highest BCUT2D eigenvalue weighted by Gasteiger charge is 2.11. The second kappa shape index (κ2) is 8.34. The summed E-state index contributed by atoms with van der Waals surface area (Å²) in [6.45, 7) is 4.81. The zero-order chi connectivity index (χ0) is 13.4. The van der Waals surface area contributed by atoms with Gasteiger partial charge in [0.2, 0.25) is 5.91 Å². The van der Waals surface area contributed by atoms with Crippen LogP contribution in [-0.4, -0.2) is 18.5 Å². The van der Waals surface area contributed by atoms with Gasteiger partial charge in [-0.1, -0.05) is 19.8 Å². The molecule has 0 radical (unpaired) electrons. The number of hydrogen-bond acceptors (Lipinski definition) is 2. The molecule has 0 aliphatic heterocycles. The predicted octanol–water partition coefficient (Wildman–Crippen LogP) is 3.40. The van der Waals surface area contributed by atoms with E-state index in [1.54, 1.807) is 0 Å². The molecule has 1 rings (SSSR count). The van der Waals surface area contributed by atoms with Crippen molar-refractivity contribution in [2.75, 3.05) is 11.9 Å². The highest BCUT2D eigenvalue weighted by atomic mass is 127. The van der Waals surface area contributed by atoms with E-state index in [0.29, 0.717) is 0 Å². The van der Waals surface area contributed by atoms with Crippen LogP contribution in [-0.2, 0) is 4.79 Å². The summed E-state index contributed by atoms with van der Waals surface area (Å²) < 4.78 is 1.19. The van der Waals surface area contributed by atoms with Gasteiger partial charge in [0.25, 0.3) is 0 Å². The van der Waals surface area contributed by atoms with Crippen LogP contribution in [0.25, 0.3) is 0 Å². The van der Waals surface area contributed by atoms with Crippen molar-refractivity contribution >= 4 is 34.2 Å². The molecule has 1 aromatic carbocycles. The van der Waals surface area contributed by atoms with E-state index in [1.807, 2.05) is 31.2 Å². The molecule has 1 amide bonds. The lowest BCUT2D eigenvalue weighted by Gasteiger charge is -2.15. The summed E-state index contributed by atoms with van der Waals surface area (Å²) in [6.07, 6.45) is 3.39. The highest BCUT2D eigenvalue weighted by Crippen LogP contribution is 2.12. The minimum absolute atomic E-state index is 0.0599. The first-order valence-corrected chi connectivity index (χ1v) is 7.51. The maximum Gasteiger partial charge on any atom is 0.242 e. The van der Waals surface area contributed by atoms with Crippen molar-refractivity contribution in [1.82, 2.24) is 5.32 Å². The molecule has 0 aromatic heterocycles. The van der Waals surface area contributed by atoms with Crippen LogP contribution in [0.3, 0.4) is 0 Å². The number of amides is 1. The molecule has 0 fully saturated rings. The summed E-state index contributed by atoms with van der Waals surface area (Å²) in [5.74, 6) is 0.0599. The fourth-order valence-electron chi connectivity index (χ4n) is 1.60. The van der Waals surface area contributed by atoms with Gasteiger partial charge in [-0.2, -0.15) is 0 Å². The Balaban J connectivity index is 2.33. The summed E-state index contributed by atoms with van der Waals surface area (Å²) >= 11 is 2.26. The lowest BCUT2D eigenvalue weighted by atomic mass is 10.2. The average Bonchev–Trinajstić information content (AvgIpc) is 2.37. The van der Waals surface area contributed by atoms with E-state index >= 15 is 0 Å². The topological polar surface area (TPSA) is 41.1 Å². The number of benzene rings is 1. The van der Waals surface area contributed by atoms with Crippen LogP contribution in [0.4, 0.5) is 5.69 Å². The number of anilines is 1. The van der Waals surface area contributed by atoms with E-state index in [0.717, 1.165) is 18.7 Å². The van der Waals surface area contributed by atoms with Crippen LogP contribution < -0.4 is 10.6 Å². The Morgan fingerprint density at radius 2 is 1.94 bits per heavy atom. The smallest absolute Gasteiger partial charge is 0.242 e. The lowest BCUT2D eigenvalue weighted by Crippen LogP contribution is -2.38. The van der Waals surface area contributed by atoms with Crippen molar-refractivity contribution in [1.29, 1.82) is 0 Å². The van der Waals surface area contributed by atoms with E-state index < -0.39 is 0 Å². The molecule has 0 saturated heterocycles. The SMILES string of the molecule is CCCCCNC(=O)C(C)Nc1ccc(I)cc1. The Morgan fingerprint density at radius 1 is 1.28 bits per heavy atom. The fraction of sp³-hybridized carbons (Fsp3) is 0.500. The Kier molecular flexibility index (Phi) is 7.08. The number of rotatable bonds is 7. The Labute approximate surface area is 123 Å². The van der Waals surface area contributed by atoms with Crippen LogP contribution in [0.15, 0.2) is 24.3 Å². The molecule has 1 aromatic rings. The van der Waals surface area contributed by atoms with Crippen LogP contribution >= 0.6 is 22.6 Å². The van der Waals surface area contributed by atoms with Gasteiger partial charge in [-0.15, -0.1) is 0 Å². The molecule has 0 aliphatic carbocycles. The van der Waals surface area contributed by atoms with Gasteiger partial charge >= 0.3 is 0 Å². The standard InChI is InChI=1S/C14H21IN2O/c1-3-4-5-10-16-14(18)11(2)17-13-8-6-12(15)7-9-13/h6-9,11,17H,3-5,10H2,1-2H3,(H,16,18). The number of hydrogen-bond donors (Lipinski definition) is 2. The molecule has 0 heterocycles. The minimum atomic E-state index is -0.202. The number of carbonyl (C=O) groups excluding carboxylic acids is 1. The first-order valence-electron chi connectivity index (χ1n) is 6.43. The van der Waals surface area contributed by atoms with Crippen molar-refractivity contribution in [3.63, 3.8) is 0 Å². The summed E-state index contributed by atoms with van der Waals surface area (Å²) in [7, 11) is 0. The number of halogens is 1. The maximum absolute atomic E-state index is 11.8. The summed E-state index contributed by atoms with van der Waals surface area (Å²) in [4.78, 5) is 11.8. The van der Waals surface area contributed by atoms with E-state index in [-0.39, 0.29) is 11.9 Å². The molecule has 0 aliphatic rings. The molecule has 1 unspecified atom stereocenters. The van der Waals surface area contributed by atoms with Gasteiger partial charge in [0.15, 0.2) is 0 Å². The van der Waals surface area contributed by atoms with E-state index in [4.69, 9.17) is 0 Å². The normalized spacial score (nSPS) is 11.9. The molecule has 18 heavy (non-hydrogen) atoms. The van der Waals surface area contributed by atoms with Crippen LogP contribution in [0, 0.1) is 3.57 Å². The maximum atomic E-state index is 11.8. The molecule has 3 nitrogen and oxygen atoms in total. The fourth-order valence-corrected chi connectivity index (χ4v) is 1.96. The third-order valence-corrected chi connectivity index (χ3v) is 3.42. The zero-order valence-corrected chi connectivity index (χ0v) is 13.2. The average molecular weight is 360 g/mol. The molecule has 2 N–H and O–H groups in total. The van der Waals surface area contributed by atoms with Crippen LogP contribution in [0.2, 0.25) is 0 Å². The van der Waals surface area contributed by atoms with Gasteiger partial charge in [-0.05, 0) is 60.2 Å². The van der Waals surface area contributed by atoms with Gasteiger partial charge in [0.05, 0.1) is 0 Å². The molecular formula is C14H21IN2O. The van der Waals surface area contributed by atoms with Gasteiger partial charge in [-0.25, -0.2) is 0 Å². The number of carbonyl (C=O) groups is 1. The Bertz CT molecular complexity index is 365. The van der Waals surface area contributed by atoms with Gasteiger partial charge in [0, 0.05) is 15.8 Å². The van der Waals surface area contributed by atoms with E-state index in [2.05, 4.69) is 40.1 Å². The van der Waals surface area contributed by atoms with Gasteiger partial charge in [-0.3, -0.25) is 4.79 Å². The van der Waals surface area contributed by atoms with Crippen molar-refractivity contribution in [2.24, 2.45) is 0 Å².